The summed E-state index contributed by atoms with van der Waals surface area (Å²) in [6.07, 6.45) is 2.11. The number of rotatable bonds is 6. The lowest BCUT2D eigenvalue weighted by Gasteiger charge is -2.31. The minimum atomic E-state index is -3.56. The van der Waals surface area contributed by atoms with Crippen LogP contribution in [-0.2, 0) is 21.7 Å². The molecule has 1 amide bonds. The van der Waals surface area contributed by atoms with Gasteiger partial charge in [-0.2, -0.15) is 0 Å². The van der Waals surface area contributed by atoms with E-state index in [9.17, 15) is 13.2 Å². The molecule has 0 atom stereocenters. The Bertz CT molecular complexity index is 1140. The molecule has 3 aromatic rings. The van der Waals surface area contributed by atoms with Gasteiger partial charge in [0, 0.05) is 20.1 Å². The molecular formula is C22H24N4O4S. The standard InChI is InChI=1S/C22H24N4O4S/c1-25-16-23-24-22(25)31(28,29)20-11-13-26(14-12-20)21(27)15-30-19-9-7-18(8-10-19)17-5-3-2-4-6-17/h2-10,16,20H,11-15H2,1H3. The predicted molar refractivity (Wildman–Crippen MR) is 115 cm³/mol. The summed E-state index contributed by atoms with van der Waals surface area (Å²) in [5.41, 5.74) is 2.19. The van der Waals surface area contributed by atoms with Crippen molar-refractivity contribution in [2.45, 2.75) is 23.2 Å². The number of benzene rings is 2. The Morgan fingerprint density at radius 1 is 1.03 bits per heavy atom. The van der Waals surface area contributed by atoms with Gasteiger partial charge in [-0.05, 0) is 36.1 Å². The van der Waals surface area contributed by atoms with E-state index in [4.69, 9.17) is 4.74 Å². The van der Waals surface area contributed by atoms with Gasteiger partial charge in [0.05, 0.1) is 5.25 Å². The van der Waals surface area contributed by atoms with Gasteiger partial charge in [-0.25, -0.2) is 8.42 Å². The number of nitrogens with zero attached hydrogens (tertiary/aromatic N) is 4. The highest BCUT2D eigenvalue weighted by molar-refractivity contribution is 7.91. The van der Waals surface area contributed by atoms with Crippen LogP contribution in [-0.4, -0.2) is 58.9 Å². The molecule has 0 aliphatic carbocycles. The van der Waals surface area contributed by atoms with E-state index in [2.05, 4.69) is 10.2 Å². The molecule has 0 bridgehead atoms. The second-order valence-corrected chi connectivity index (χ2v) is 9.65. The molecule has 2 heterocycles. The second-order valence-electron chi connectivity index (χ2n) is 7.53. The van der Waals surface area contributed by atoms with Crippen LogP contribution < -0.4 is 4.74 Å². The zero-order chi connectivity index (χ0) is 21.8. The molecule has 9 heteroatoms. The number of sulfone groups is 1. The van der Waals surface area contributed by atoms with Gasteiger partial charge in [0.15, 0.2) is 6.61 Å². The summed E-state index contributed by atoms with van der Waals surface area (Å²) in [6.45, 7) is 0.666. The molecular weight excluding hydrogens is 416 g/mol. The number of piperidine rings is 1. The third kappa shape index (κ3) is 4.61. The lowest BCUT2D eigenvalue weighted by molar-refractivity contribution is -0.134. The highest BCUT2D eigenvalue weighted by atomic mass is 32.2. The summed E-state index contributed by atoms with van der Waals surface area (Å²) in [7, 11) is -1.95. The molecule has 1 aliphatic heterocycles. The van der Waals surface area contributed by atoms with Gasteiger partial charge >= 0.3 is 0 Å². The van der Waals surface area contributed by atoms with Gasteiger partial charge in [-0.15, -0.1) is 10.2 Å². The van der Waals surface area contributed by atoms with Crippen molar-refractivity contribution in [1.82, 2.24) is 19.7 Å². The normalized spacial score (nSPS) is 15.1. The van der Waals surface area contributed by atoms with Gasteiger partial charge in [0.25, 0.3) is 5.91 Å². The smallest absolute Gasteiger partial charge is 0.260 e. The van der Waals surface area contributed by atoms with Crippen molar-refractivity contribution in [1.29, 1.82) is 0 Å². The molecule has 162 valence electrons. The fourth-order valence-corrected chi connectivity index (χ4v) is 5.44. The van der Waals surface area contributed by atoms with E-state index in [0.717, 1.165) is 11.1 Å². The van der Waals surface area contributed by atoms with Crippen molar-refractivity contribution < 1.29 is 17.9 Å². The van der Waals surface area contributed by atoms with Crippen LogP contribution in [0.15, 0.2) is 66.1 Å². The first kappa shape index (κ1) is 21.0. The molecule has 0 N–H and O–H groups in total. The van der Waals surface area contributed by atoms with Gasteiger partial charge in [0.2, 0.25) is 15.0 Å². The first-order chi connectivity index (χ1) is 14.9. The topological polar surface area (TPSA) is 94.4 Å². The Morgan fingerprint density at radius 3 is 2.29 bits per heavy atom. The van der Waals surface area contributed by atoms with E-state index in [1.54, 1.807) is 11.9 Å². The quantitative estimate of drug-likeness (QED) is 0.584. The Hall–Kier alpha value is -3.20. The average molecular weight is 441 g/mol. The molecule has 0 spiro atoms. The van der Waals surface area contributed by atoms with Crippen LogP contribution in [0.4, 0.5) is 0 Å². The molecule has 8 nitrogen and oxygen atoms in total. The summed E-state index contributed by atoms with van der Waals surface area (Å²) >= 11 is 0. The van der Waals surface area contributed by atoms with Crippen molar-refractivity contribution >= 4 is 15.7 Å². The Labute approximate surface area is 181 Å². The van der Waals surface area contributed by atoms with Crippen molar-refractivity contribution in [2.24, 2.45) is 7.05 Å². The fourth-order valence-electron chi connectivity index (χ4n) is 3.71. The number of carbonyl (C=O) groups excluding carboxylic acids is 1. The maximum absolute atomic E-state index is 12.7. The molecule has 4 rings (SSSR count). The van der Waals surface area contributed by atoms with Crippen LogP contribution in [0.5, 0.6) is 5.75 Å². The van der Waals surface area contributed by atoms with Crippen molar-refractivity contribution in [2.75, 3.05) is 19.7 Å². The lowest BCUT2D eigenvalue weighted by Crippen LogP contribution is -2.44. The van der Waals surface area contributed by atoms with Gasteiger partial charge in [0.1, 0.15) is 12.1 Å². The van der Waals surface area contributed by atoms with E-state index in [1.165, 1.54) is 10.9 Å². The molecule has 1 fully saturated rings. The number of aryl methyl sites for hydroxylation is 1. The van der Waals surface area contributed by atoms with E-state index >= 15 is 0 Å². The Morgan fingerprint density at radius 2 is 1.68 bits per heavy atom. The Kier molecular flexibility index (Phi) is 6.03. The zero-order valence-corrected chi connectivity index (χ0v) is 18.0. The SMILES string of the molecule is Cn1cnnc1S(=O)(=O)C1CCN(C(=O)COc2ccc(-c3ccccc3)cc2)CC1. The summed E-state index contributed by atoms with van der Waals surface area (Å²) < 4.78 is 32.5. The van der Waals surface area contributed by atoms with Crippen molar-refractivity contribution in [3.8, 4) is 16.9 Å². The van der Waals surface area contributed by atoms with Gasteiger partial charge in [-0.1, -0.05) is 42.5 Å². The summed E-state index contributed by atoms with van der Waals surface area (Å²) in [4.78, 5) is 14.2. The maximum Gasteiger partial charge on any atom is 0.260 e. The average Bonchev–Trinajstić information content (AvgIpc) is 3.25. The number of hydrogen-bond acceptors (Lipinski definition) is 6. The largest absolute Gasteiger partial charge is 0.484 e. The third-order valence-electron chi connectivity index (χ3n) is 5.48. The number of ether oxygens (including phenoxy) is 1. The van der Waals surface area contributed by atoms with E-state index in [0.29, 0.717) is 31.7 Å². The summed E-state index contributed by atoms with van der Waals surface area (Å²) in [5, 5.41) is 6.79. The van der Waals surface area contributed by atoms with Crippen molar-refractivity contribution in [3.63, 3.8) is 0 Å². The fraction of sp³-hybridized carbons (Fsp3) is 0.318. The van der Waals surface area contributed by atoms with Crippen LogP contribution in [0.1, 0.15) is 12.8 Å². The minimum Gasteiger partial charge on any atom is -0.484 e. The molecule has 0 saturated carbocycles. The highest BCUT2D eigenvalue weighted by Gasteiger charge is 2.35. The third-order valence-corrected chi connectivity index (χ3v) is 7.71. The molecule has 0 unspecified atom stereocenters. The molecule has 2 aromatic carbocycles. The van der Waals surface area contributed by atoms with Crippen LogP contribution in [0.2, 0.25) is 0 Å². The van der Waals surface area contributed by atoms with Gasteiger partial charge < -0.3 is 14.2 Å². The number of likely N-dealkylation sites (tertiary alicyclic amines) is 1. The number of hydrogen-bond donors (Lipinski definition) is 0. The first-order valence-electron chi connectivity index (χ1n) is 10.1. The van der Waals surface area contributed by atoms with E-state index < -0.39 is 15.1 Å². The lowest BCUT2D eigenvalue weighted by atomic mass is 10.1. The number of amides is 1. The molecule has 1 saturated heterocycles. The zero-order valence-electron chi connectivity index (χ0n) is 17.2. The Balaban J connectivity index is 1.29. The van der Waals surface area contributed by atoms with Crippen LogP contribution in [0.25, 0.3) is 11.1 Å². The van der Waals surface area contributed by atoms with Crippen LogP contribution in [0.3, 0.4) is 0 Å². The summed E-state index contributed by atoms with van der Waals surface area (Å²) in [6, 6.07) is 17.6. The van der Waals surface area contributed by atoms with Gasteiger partial charge in [-0.3, -0.25) is 4.79 Å². The van der Waals surface area contributed by atoms with Crippen molar-refractivity contribution in [3.05, 3.63) is 60.9 Å². The van der Waals surface area contributed by atoms with Crippen LogP contribution in [0, 0.1) is 0 Å². The number of carbonyl (C=O) groups is 1. The van der Waals surface area contributed by atoms with E-state index in [-0.39, 0.29) is 17.7 Å². The highest BCUT2D eigenvalue weighted by Crippen LogP contribution is 2.24. The second kappa shape index (κ2) is 8.89. The summed E-state index contributed by atoms with van der Waals surface area (Å²) in [5.74, 6) is 0.467. The minimum absolute atomic E-state index is 0.0282. The van der Waals surface area contributed by atoms with E-state index in [1.807, 2.05) is 54.6 Å². The molecule has 1 aliphatic rings. The monoisotopic (exact) mass is 440 g/mol. The first-order valence-corrected chi connectivity index (χ1v) is 11.6. The maximum atomic E-state index is 12.7. The predicted octanol–water partition coefficient (Wildman–Crippen LogP) is 2.33. The van der Waals surface area contributed by atoms with Crippen LogP contribution >= 0.6 is 0 Å². The molecule has 1 aromatic heterocycles. The molecule has 31 heavy (non-hydrogen) atoms. The number of aromatic nitrogens is 3. The molecule has 0 radical (unpaired) electrons.